The lowest BCUT2D eigenvalue weighted by Crippen LogP contribution is -2.68. The maximum Gasteiger partial charge on any atom is 0.306 e. The number of ketones is 1. The van der Waals surface area contributed by atoms with Gasteiger partial charge in [-0.25, -0.2) is 0 Å². The van der Waals surface area contributed by atoms with Crippen molar-refractivity contribution in [3.63, 3.8) is 0 Å². The van der Waals surface area contributed by atoms with E-state index in [9.17, 15) is 14.7 Å². The largest absolute Gasteiger partial charge is 0.456 e. The van der Waals surface area contributed by atoms with Gasteiger partial charge in [0.1, 0.15) is 34.6 Å². The third kappa shape index (κ3) is 8.96. The summed E-state index contributed by atoms with van der Waals surface area (Å²) < 4.78 is 27.4. The lowest BCUT2D eigenvalue weighted by Gasteiger charge is -2.52. The van der Waals surface area contributed by atoms with Crippen molar-refractivity contribution in [1.82, 2.24) is 0 Å². The average molecular weight is 741 g/mol. The molecule has 0 unspecified atom stereocenters. The summed E-state index contributed by atoms with van der Waals surface area (Å²) in [5, 5.41) is 12.5. The van der Waals surface area contributed by atoms with E-state index in [0.717, 1.165) is 21.6 Å². The number of carbonyl (C=O) groups excluding carboxylic acids is 2. The molecule has 0 amide bonds. The van der Waals surface area contributed by atoms with E-state index in [1.54, 1.807) is 6.92 Å². The highest BCUT2D eigenvalue weighted by Gasteiger charge is 2.58. The number of benzene rings is 4. The first-order valence-electron chi connectivity index (χ1n) is 17.9. The SMILES string of the molecule is CC(=O)CCC(=O)O[C@@H]1[C@@H](O[Si](C)(C)C(C)(C)C)[C@H](Sc2ccccc2)O[C@H](COC(c2ccccc2)(c2ccccc2)c2ccccc2)[C@@]1(C)O. The van der Waals surface area contributed by atoms with E-state index in [2.05, 4.69) is 33.9 Å². The number of hydrogen-bond donors (Lipinski definition) is 1. The van der Waals surface area contributed by atoms with Gasteiger partial charge in [-0.05, 0) is 60.8 Å². The second kappa shape index (κ2) is 16.6. The molecule has 1 heterocycles. The minimum atomic E-state index is -2.53. The zero-order valence-corrected chi connectivity index (χ0v) is 33.1. The van der Waals surface area contributed by atoms with Crippen molar-refractivity contribution in [2.24, 2.45) is 0 Å². The molecule has 7 nitrogen and oxygen atoms in total. The van der Waals surface area contributed by atoms with E-state index >= 15 is 0 Å². The molecule has 0 aliphatic carbocycles. The minimum Gasteiger partial charge on any atom is -0.456 e. The number of ether oxygens (including phenoxy) is 3. The Morgan fingerprint density at radius 3 is 1.69 bits per heavy atom. The molecular weight excluding hydrogens is 689 g/mol. The van der Waals surface area contributed by atoms with Crippen LogP contribution in [0.4, 0.5) is 0 Å². The zero-order chi connectivity index (χ0) is 37.6. The molecule has 0 saturated carbocycles. The number of thioether (sulfide) groups is 1. The maximum atomic E-state index is 13.4. The Bertz CT molecular complexity index is 1650. The number of Topliss-reactive ketones (excluding diaryl/α,β-unsaturated/α-hetero) is 1. The predicted octanol–water partition coefficient (Wildman–Crippen LogP) is 8.93. The van der Waals surface area contributed by atoms with Crippen LogP contribution in [-0.4, -0.2) is 61.1 Å². The van der Waals surface area contributed by atoms with Gasteiger partial charge in [0.2, 0.25) is 0 Å². The molecule has 276 valence electrons. The van der Waals surface area contributed by atoms with Gasteiger partial charge in [-0.1, -0.05) is 142 Å². The van der Waals surface area contributed by atoms with Crippen molar-refractivity contribution in [2.45, 2.75) is 105 Å². The van der Waals surface area contributed by atoms with Crippen LogP contribution in [-0.2, 0) is 33.8 Å². The highest BCUT2D eigenvalue weighted by Crippen LogP contribution is 2.47. The van der Waals surface area contributed by atoms with Crippen LogP contribution >= 0.6 is 11.8 Å². The average Bonchev–Trinajstić information content (AvgIpc) is 3.12. The van der Waals surface area contributed by atoms with Crippen molar-refractivity contribution in [3.05, 3.63) is 138 Å². The van der Waals surface area contributed by atoms with E-state index in [1.165, 1.54) is 18.7 Å². The number of aliphatic hydroxyl groups is 1. The molecule has 1 aliphatic heterocycles. The molecule has 0 aromatic heterocycles. The Hall–Kier alpha value is -3.57. The third-order valence-corrected chi connectivity index (χ3v) is 15.9. The lowest BCUT2D eigenvalue weighted by molar-refractivity contribution is -0.262. The third-order valence-electron chi connectivity index (χ3n) is 10.3. The van der Waals surface area contributed by atoms with Crippen molar-refractivity contribution < 1.29 is 33.3 Å². The molecule has 1 N–H and O–H groups in total. The fourth-order valence-electron chi connectivity index (χ4n) is 6.24. The van der Waals surface area contributed by atoms with Crippen LogP contribution in [0.3, 0.4) is 0 Å². The summed E-state index contributed by atoms with van der Waals surface area (Å²) >= 11 is 1.46. The fraction of sp³-hybridized carbons (Fsp3) is 0.395. The Labute approximate surface area is 314 Å². The van der Waals surface area contributed by atoms with Crippen LogP contribution in [0.25, 0.3) is 0 Å². The summed E-state index contributed by atoms with van der Waals surface area (Å²) in [4.78, 5) is 26.2. The minimum absolute atomic E-state index is 0.0421. The molecule has 1 saturated heterocycles. The molecule has 1 aliphatic rings. The summed E-state index contributed by atoms with van der Waals surface area (Å²) in [5.74, 6) is -0.700. The highest BCUT2D eigenvalue weighted by atomic mass is 32.2. The zero-order valence-electron chi connectivity index (χ0n) is 31.3. The van der Waals surface area contributed by atoms with Crippen LogP contribution in [0.1, 0.15) is 64.2 Å². The van der Waals surface area contributed by atoms with Crippen LogP contribution < -0.4 is 0 Å². The number of carbonyl (C=O) groups is 2. The van der Waals surface area contributed by atoms with Gasteiger partial charge in [-0.15, -0.1) is 0 Å². The van der Waals surface area contributed by atoms with E-state index in [4.69, 9.17) is 18.6 Å². The van der Waals surface area contributed by atoms with Crippen molar-refractivity contribution >= 4 is 31.8 Å². The summed E-state index contributed by atoms with van der Waals surface area (Å²) in [5.41, 5.74) is -0.802. The smallest absolute Gasteiger partial charge is 0.306 e. The molecule has 0 radical (unpaired) electrons. The Morgan fingerprint density at radius 2 is 1.25 bits per heavy atom. The molecule has 1 fully saturated rings. The van der Waals surface area contributed by atoms with Crippen LogP contribution in [0.2, 0.25) is 18.1 Å². The van der Waals surface area contributed by atoms with Crippen LogP contribution in [0, 0.1) is 0 Å². The van der Waals surface area contributed by atoms with Gasteiger partial charge in [0.25, 0.3) is 0 Å². The van der Waals surface area contributed by atoms with E-state index in [0.29, 0.717) is 0 Å². The highest BCUT2D eigenvalue weighted by molar-refractivity contribution is 7.99. The molecule has 0 bridgehead atoms. The van der Waals surface area contributed by atoms with Gasteiger partial charge in [0.05, 0.1) is 13.0 Å². The van der Waals surface area contributed by atoms with Crippen LogP contribution in [0.15, 0.2) is 126 Å². The second-order valence-corrected chi connectivity index (χ2v) is 21.1. The number of rotatable bonds is 14. The first-order chi connectivity index (χ1) is 24.6. The van der Waals surface area contributed by atoms with E-state index in [-0.39, 0.29) is 30.3 Å². The topological polar surface area (TPSA) is 91.3 Å². The standard InChI is InChI=1S/C43H52O7SSi/c1-31(44)28-29-37(45)49-39-38(50-52(6,7)41(2,3)4)40(51-35-26-18-11-19-27-35)48-36(42(39,5)46)30-47-43(32-20-12-8-13-21-32,33-22-14-9-15-23-33)34-24-16-10-17-25-34/h8-27,36,38-40,46H,28-30H2,1-7H3/t36-,38-,39-,40+,42-/m1/s1. The molecule has 0 spiro atoms. The van der Waals surface area contributed by atoms with Gasteiger partial charge < -0.3 is 28.5 Å². The summed E-state index contributed by atoms with van der Waals surface area (Å²) in [6, 6.07) is 39.9. The van der Waals surface area contributed by atoms with E-state index in [1.807, 2.05) is 121 Å². The molecule has 9 heteroatoms. The summed E-state index contributed by atoms with van der Waals surface area (Å²) in [7, 11) is -2.53. The molecule has 4 aromatic rings. The van der Waals surface area contributed by atoms with Gasteiger partial charge in [0.15, 0.2) is 14.4 Å². The van der Waals surface area contributed by atoms with Crippen molar-refractivity contribution in [3.8, 4) is 0 Å². The van der Waals surface area contributed by atoms with Gasteiger partial charge >= 0.3 is 5.97 Å². The first kappa shape index (κ1) is 39.6. The monoisotopic (exact) mass is 740 g/mol. The van der Waals surface area contributed by atoms with Crippen LogP contribution in [0.5, 0.6) is 0 Å². The van der Waals surface area contributed by atoms with E-state index < -0.39 is 49.2 Å². The van der Waals surface area contributed by atoms with Gasteiger partial charge in [-0.3, -0.25) is 4.79 Å². The lowest BCUT2D eigenvalue weighted by atomic mass is 9.79. The Morgan fingerprint density at radius 1 is 0.788 bits per heavy atom. The molecule has 4 aromatic carbocycles. The van der Waals surface area contributed by atoms with Gasteiger partial charge in [-0.2, -0.15) is 0 Å². The molecule has 52 heavy (non-hydrogen) atoms. The Balaban J connectivity index is 1.61. The quantitative estimate of drug-likeness (QED) is 0.0779. The molecular formula is C43H52O7SSi. The maximum absolute atomic E-state index is 13.4. The molecule has 5 rings (SSSR count). The molecule has 5 atom stereocenters. The number of hydrogen-bond acceptors (Lipinski definition) is 8. The summed E-state index contributed by atoms with van der Waals surface area (Å²) in [6.07, 6.45) is -2.99. The Kier molecular flexibility index (Phi) is 12.7. The summed E-state index contributed by atoms with van der Waals surface area (Å²) in [6.45, 7) is 13.7. The normalized spacial score (nSPS) is 22.5. The van der Waals surface area contributed by atoms with Gasteiger partial charge in [0, 0.05) is 11.3 Å². The number of esters is 1. The first-order valence-corrected chi connectivity index (χ1v) is 21.7. The van der Waals surface area contributed by atoms with Crippen molar-refractivity contribution in [2.75, 3.05) is 6.61 Å². The van der Waals surface area contributed by atoms with Crippen molar-refractivity contribution in [1.29, 1.82) is 0 Å². The second-order valence-electron chi connectivity index (χ2n) is 15.2. The predicted molar refractivity (Wildman–Crippen MR) is 209 cm³/mol. The fourth-order valence-corrected chi connectivity index (χ4v) is 8.72.